The molecule has 228 valence electrons. The maximum Gasteiger partial charge on any atom is 0.164 e. The van der Waals surface area contributed by atoms with Crippen LogP contribution in [0.15, 0.2) is 168 Å². The molecule has 0 N–H and O–H groups in total. The lowest BCUT2D eigenvalue weighted by molar-refractivity contribution is 0.670. The number of hydrogen-bond acceptors (Lipinski definition) is 4. The number of benzene rings is 8. The average molecular weight is 626 g/mol. The quantitative estimate of drug-likeness (QED) is 0.195. The fourth-order valence-electron chi connectivity index (χ4n) is 7.02. The Morgan fingerprint density at radius 3 is 1.47 bits per heavy atom. The highest BCUT2D eigenvalue weighted by Crippen LogP contribution is 2.42. The van der Waals surface area contributed by atoms with Gasteiger partial charge in [0.25, 0.3) is 0 Å². The van der Waals surface area contributed by atoms with Gasteiger partial charge in [-0.05, 0) is 74.3 Å². The van der Waals surface area contributed by atoms with Crippen LogP contribution in [0.5, 0.6) is 0 Å². The van der Waals surface area contributed by atoms with Crippen molar-refractivity contribution in [2.45, 2.75) is 0 Å². The first-order chi connectivity index (χ1) is 24.2. The van der Waals surface area contributed by atoms with Gasteiger partial charge in [-0.15, -0.1) is 0 Å². The van der Waals surface area contributed by atoms with Gasteiger partial charge in [0.1, 0.15) is 11.2 Å². The highest BCUT2D eigenvalue weighted by Gasteiger charge is 2.19. The van der Waals surface area contributed by atoms with Crippen molar-refractivity contribution < 1.29 is 4.42 Å². The molecule has 4 nitrogen and oxygen atoms in total. The third kappa shape index (κ3) is 4.65. The van der Waals surface area contributed by atoms with Crippen LogP contribution in [0.3, 0.4) is 0 Å². The maximum absolute atomic E-state index is 6.65. The van der Waals surface area contributed by atoms with Crippen LogP contribution in [0.1, 0.15) is 0 Å². The first-order valence-corrected chi connectivity index (χ1v) is 16.4. The number of furan rings is 1. The van der Waals surface area contributed by atoms with Crippen molar-refractivity contribution in [2.75, 3.05) is 0 Å². The third-order valence-electron chi connectivity index (χ3n) is 9.45. The third-order valence-corrected chi connectivity index (χ3v) is 9.45. The van der Waals surface area contributed by atoms with Crippen LogP contribution < -0.4 is 0 Å². The molecular weight excluding hydrogens is 599 g/mol. The van der Waals surface area contributed by atoms with Crippen molar-refractivity contribution in [1.29, 1.82) is 0 Å². The largest absolute Gasteiger partial charge is 0.455 e. The second-order valence-electron chi connectivity index (χ2n) is 12.5. The zero-order valence-electron chi connectivity index (χ0n) is 26.3. The molecule has 49 heavy (non-hydrogen) atoms. The van der Waals surface area contributed by atoms with E-state index in [1.165, 1.54) is 16.2 Å². The van der Waals surface area contributed by atoms with Crippen LogP contribution in [-0.2, 0) is 0 Å². The summed E-state index contributed by atoms with van der Waals surface area (Å²) in [6, 6.07) is 57.0. The van der Waals surface area contributed by atoms with Gasteiger partial charge >= 0.3 is 0 Å². The van der Waals surface area contributed by atoms with E-state index in [2.05, 4.69) is 152 Å². The summed E-state index contributed by atoms with van der Waals surface area (Å²) < 4.78 is 6.65. The summed E-state index contributed by atoms with van der Waals surface area (Å²) in [5.74, 6) is 1.88. The highest BCUT2D eigenvalue weighted by atomic mass is 16.3. The molecule has 0 saturated heterocycles. The van der Waals surface area contributed by atoms with Gasteiger partial charge in [-0.3, -0.25) is 0 Å². The first-order valence-electron chi connectivity index (χ1n) is 16.4. The Morgan fingerprint density at radius 1 is 0.327 bits per heavy atom. The molecule has 0 saturated carbocycles. The zero-order chi connectivity index (χ0) is 32.3. The van der Waals surface area contributed by atoms with Gasteiger partial charge in [0, 0.05) is 33.0 Å². The molecule has 0 fully saturated rings. The van der Waals surface area contributed by atoms with E-state index >= 15 is 0 Å². The fraction of sp³-hybridized carbons (Fsp3) is 0. The van der Waals surface area contributed by atoms with E-state index in [0.717, 1.165) is 65.9 Å². The van der Waals surface area contributed by atoms with Gasteiger partial charge in [-0.1, -0.05) is 127 Å². The average Bonchev–Trinajstić information content (AvgIpc) is 3.54. The normalized spacial score (nSPS) is 11.7. The van der Waals surface area contributed by atoms with Gasteiger partial charge < -0.3 is 4.42 Å². The molecule has 0 spiro atoms. The molecule has 0 unspecified atom stereocenters. The number of hydrogen-bond donors (Lipinski definition) is 0. The predicted molar refractivity (Wildman–Crippen MR) is 201 cm³/mol. The summed E-state index contributed by atoms with van der Waals surface area (Å²) in [4.78, 5) is 15.3. The number of rotatable bonds is 4. The van der Waals surface area contributed by atoms with E-state index in [4.69, 9.17) is 19.4 Å². The molecule has 0 aliphatic heterocycles. The lowest BCUT2D eigenvalue weighted by atomic mass is 9.95. The fourth-order valence-corrected chi connectivity index (χ4v) is 7.02. The molecule has 2 heterocycles. The summed E-state index contributed by atoms with van der Waals surface area (Å²) in [6.45, 7) is 0. The molecule has 0 radical (unpaired) electrons. The van der Waals surface area contributed by atoms with Gasteiger partial charge in [0.05, 0.1) is 0 Å². The Morgan fingerprint density at radius 2 is 0.837 bits per heavy atom. The van der Waals surface area contributed by atoms with Crippen LogP contribution >= 0.6 is 0 Å². The lowest BCUT2D eigenvalue weighted by Gasteiger charge is -2.10. The molecule has 8 aromatic carbocycles. The first kappa shape index (κ1) is 27.5. The lowest BCUT2D eigenvalue weighted by Crippen LogP contribution is -2.00. The second-order valence-corrected chi connectivity index (χ2v) is 12.5. The van der Waals surface area contributed by atoms with E-state index in [9.17, 15) is 0 Å². The van der Waals surface area contributed by atoms with Crippen molar-refractivity contribution in [1.82, 2.24) is 15.0 Å². The van der Waals surface area contributed by atoms with Crippen LogP contribution in [-0.4, -0.2) is 15.0 Å². The molecule has 0 bridgehead atoms. The van der Waals surface area contributed by atoms with Crippen molar-refractivity contribution >= 4 is 54.3 Å². The van der Waals surface area contributed by atoms with Crippen LogP contribution in [0.25, 0.3) is 99.5 Å². The van der Waals surface area contributed by atoms with Crippen LogP contribution in [0, 0.1) is 0 Å². The van der Waals surface area contributed by atoms with E-state index in [1.54, 1.807) is 0 Å². The van der Waals surface area contributed by atoms with Crippen LogP contribution in [0.4, 0.5) is 0 Å². The van der Waals surface area contributed by atoms with Crippen molar-refractivity contribution in [3.8, 4) is 45.3 Å². The Kier molecular flexibility index (Phi) is 6.15. The number of fused-ring (bicyclic) bond motifs is 6. The zero-order valence-corrected chi connectivity index (χ0v) is 26.3. The molecule has 10 aromatic rings. The SMILES string of the molecule is c1ccc(-c2c3ccccc3cc3c2oc2ccc(-c4nc(-c5ccc6ccccc6c5)nc(-c5ccc6ccccc6c5)n4)cc23)cc1. The Labute approximate surface area is 282 Å². The van der Waals surface area contributed by atoms with Gasteiger partial charge in [0.15, 0.2) is 17.5 Å². The molecule has 0 aliphatic rings. The predicted octanol–water partition coefficient (Wildman–Crippen LogP) is 11.9. The monoisotopic (exact) mass is 625 g/mol. The molecule has 2 aromatic heterocycles. The molecule has 0 aliphatic carbocycles. The van der Waals surface area contributed by atoms with Gasteiger partial charge in [-0.2, -0.15) is 0 Å². The Hall–Kier alpha value is -6.65. The molecule has 0 atom stereocenters. The van der Waals surface area contributed by atoms with E-state index in [0.29, 0.717) is 17.5 Å². The highest BCUT2D eigenvalue weighted by molar-refractivity contribution is 6.18. The number of nitrogens with zero attached hydrogens (tertiary/aromatic N) is 3. The number of aromatic nitrogens is 3. The summed E-state index contributed by atoms with van der Waals surface area (Å²) in [5.41, 5.74) is 6.71. The topological polar surface area (TPSA) is 51.8 Å². The van der Waals surface area contributed by atoms with Crippen molar-refractivity contribution in [3.63, 3.8) is 0 Å². The van der Waals surface area contributed by atoms with Gasteiger partial charge in [-0.25, -0.2) is 15.0 Å². The molecular formula is C45H27N3O. The smallest absolute Gasteiger partial charge is 0.164 e. The summed E-state index contributed by atoms with van der Waals surface area (Å²) in [5, 5.41) is 9.05. The van der Waals surface area contributed by atoms with Crippen molar-refractivity contribution in [3.05, 3.63) is 164 Å². The Bertz CT molecular complexity index is 2790. The standard InChI is InChI=1S/C45H27N3O/c1-2-12-30(13-3-1)41-37-17-9-8-16-33(37)26-39-38-27-36(22-23-40(38)49-42(39)41)45-47-43(34-20-18-28-10-4-6-14-31(28)24-34)46-44(48-45)35-21-19-29-11-5-7-15-32(29)25-35/h1-27H. The van der Waals surface area contributed by atoms with E-state index in [-0.39, 0.29) is 0 Å². The summed E-state index contributed by atoms with van der Waals surface area (Å²) in [6.07, 6.45) is 0. The van der Waals surface area contributed by atoms with Gasteiger partial charge in [0.2, 0.25) is 0 Å². The van der Waals surface area contributed by atoms with E-state index in [1.807, 2.05) is 12.1 Å². The minimum Gasteiger partial charge on any atom is -0.455 e. The summed E-state index contributed by atoms with van der Waals surface area (Å²) in [7, 11) is 0. The second kappa shape index (κ2) is 11.0. The molecule has 10 rings (SSSR count). The van der Waals surface area contributed by atoms with Crippen molar-refractivity contribution in [2.24, 2.45) is 0 Å². The minimum atomic E-state index is 0.613. The molecule has 4 heteroatoms. The Balaban J connectivity index is 1.20. The summed E-state index contributed by atoms with van der Waals surface area (Å²) >= 11 is 0. The maximum atomic E-state index is 6.65. The van der Waals surface area contributed by atoms with E-state index < -0.39 is 0 Å². The minimum absolute atomic E-state index is 0.613. The molecule has 0 amide bonds. The van der Waals surface area contributed by atoms with Crippen LogP contribution in [0.2, 0.25) is 0 Å².